The molecule has 0 saturated heterocycles. The van der Waals surface area contributed by atoms with Gasteiger partial charge in [0, 0.05) is 6.54 Å². The van der Waals surface area contributed by atoms with Crippen LogP contribution in [0.3, 0.4) is 0 Å². The van der Waals surface area contributed by atoms with E-state index in [9.17, 15) is 4.79 Å². The maximum absolute atomic E-state index is 11.0. The minimum atomic E-state index is -0.799. The van der Waals surface area contributed by atoms with Gasteiger partial charge in [-0.3, -0.25) is 9.69 Å². The molecule has 4 nitrogen and oxygen atoms in total. The van der Waals surface area contributed by atoms with Crippen molar-refractivity contribution < 1.29 is 14.6 Å². The minimum Gasteiger partial charge on any atom is -0.493 e. The van der Waals surface area contributed by atoms with Crippen LogP contribution in [0.15, 0.2) is 24.3 Å². The third-order valence-corrected chi connectivity index (χ3v) is 4.56. The average molecular weight is 305 g/mol. The Hall–Kier alpha value is -1.55. The van der Waals surface area contributed by atoms with Crippen LogP contribution in [-0.4, -0.2) is 35.7 Å². The Bertz CT molecular complexity index is 483. The monoisotopic (exact) mass is 305 g/mol. The van der Waals surface area contributed by atoms with Crippen LogP contribution in [0.1, 0.15) is 44.6 Å². The molecule has 1 aromatic carbocycles. The summed E-state index contributed by atoms with van der Waals surface area (Å²) in [5, 5.41) is 9.05. The van der Waals surface area contributed by atoms with E-state index in [4.69, 9.17) is 9.84 Å². The lowest BCUT2D eigenvalue weighted by Gasteiger charge is -2.23. The van der Waals surface area contributed by atoms with Gasteiger partial charge in [-0.15, -0.1) is 0 Å². The smallest absolute Gasteiger partial charge is 0.320 e. The second-order valence-electron chi connectivity index (χ2n) is 6.39. The number of carbonyl (C=O) groups is 1. The predicted molar refractivity (Wildman–Crippen MR) is 87.1 cm³/mol. The van der Waals surface area contributed by atoms with Crippen LogP contribution in [0.4, 0.5) is 0 Å². The molecule has 4 heteroatoms. The molecule has 1 atom stereocenters. The van der Waals surface area contributed by atoms with Crippen LogP contribution in [0.5, 0.6) is 5.75 Å². The van der Waals surface area contributed by atoms with Crippen molar-refractivity contribution in [1.82, 2.24) is 4.90 Å². The van der Waals surface area contributed by atoms with Gasteiger partial charge in [0.05, 0.1) is 6.61 Å². The molecule has 0 aromatic heterocycles. The second kappa shape index (κ2) is 8.18. The molecule has 0 amide bonds. The van der Waals surface area contributed by atoms with Gasteiger partial charge in [0.1, 0.15) is 11.8 Å². The van der Waals surface area contributed by atoms with Crippen molar-refractivity contribution >= 4 is 5.97 Å². The zero-order valence-corrected chi connectivity index (χ0v) is 13.6. The van der Waals surface area contributed by atoms with Crippen molar-refractivity contribution in [3.63, 3.8) is 0 Å². The van der Waals surface area contributed by atoms with Gasteiger partial charge in [-0.25, -0.2) is 0 Å². The molecule has 1 aliphatic rings. The van der Waals surface area contributed by atoms with Crippen molar-refractivity contribution in [2.45, 2.75) is 51.6 Å². The van der Waals surface area contributed by atoms with Crippen LogP contribution in [0.25, 0.3) is 0 Å². The first-order valence-electron chi connectivity index (χ1n) is 8.21. The van der Waals surface area contributed by atoms with E-state index in [-0.39, 0.29) is 0 Å². The summed E-state index contributed by atoms with van der Waals surface area (Å²) >= 11 is 0. The molecule has 122 valence electrons. The summed E-state index contributed by atoms with van der Waals surface area (Å²) in [6.45, 7) is 3.10. The Morgan fingerprint density at radius 1 is 1.36 bits per heavy atom. The number of hydrogen-bond donors (Lipinski definition) is 1. The first kappa shape index (κ1) is 16.8. The molecule has 1 saturated carbocycles. The van der Waals surface area contributed by atoms with Gasteiger partial charge in [0.25, 0.3) is 0 Å². The summed E-state index contributed by atoms with van der Waals surface area (Å²) in [6, 6.07) is 7.50. The number of aliphatic carboxylic acids is 1. The van der Waals surface area contributed by atoms with Gasteiger partial charge in [-0.2, -0.15) is 0 Å². The number of likely N-dealkylation sites (N-methyl/N-ethyl adjacent to an activating group) is 1. The molecule has 2 rings (SSSR count). The van der Waals surface area contributed by atoms with Gasteiger partial charge < -0.3 is 9.84 Å². The summed E-state index contributed by atoms with van der Waals surface area (Å²) in [4.78, 5) is 12.8. The van der Waals surface area contributed by atoms with Crippen LogP contribution in [-0.2, 0) is 11.3 Å². The Kier molecular flexibility index (Phi) is 6.25. The van der Waals surface area contributed by atoms with E-state index in [0.717, 1.165) is 17.9 Å². The maximum atomic E-state index is 11.0. The number of ether oxygens (including phenoxy) is 1. The molecule has 0 aliphatic heterocycles. The highest BCUT2D eigenvalue weighted by molar-refractivity contribution is 5.72. The fourth-order valence-corrected chi connectivity index (χ4v) is 2.91. The third-order valence-electron chi connectivity index (χ3n) is 4.56. The van der Waals surface area contributed by atoms with Gasteiger partial charge in [-0.1, -0.05) is 31.4 Å². The molecule has 0 bridgehead atoms. The molecule has 1 fully saturated rings. The lowest BCUT2D eigenvalue weighted by molar-refractivity contribution is -0.142. The molecule has 1 aromatic rings. The topological polar surface area (TPSA) is 49.8 Å². The second-order valence-corrected chi connectivity index (χ2v) is 6.39. The average Bonchev–Trinajstić information content (AvgIpc) is 2.53. The molecule has 1 unspecified atom stereocenters. The van der Waals surface area contributed by atoms with Crippen molar-refractivity contribution in [2.24, 2.45) is 5.92 Å². The lowest BCUT2D eigenvalue weighted by atomic mass is 9.90. The van der Waals surface area contributed by atoms with E-state index < -0.39 is 12.0 Å². The van der Waals surface area contributed by atoms with Gasteiger partial charge in [0.2, 0.25) is 0 Å². The van der Waals surface area contributed by atoms with Crippen molar-refractivity contribution in [3.8, 4) is 5.75 Å². The molecule has 1 aliphatic carbocycles. The molecule has 0 heterocycles. The summed E-state index contributed by atoms with van der Waals surface area (Å²) in [5.74, 6) is 0.777. The third kappa shape index (κ3) is 5.02. The highest BCUT2D eigenvalue weighted by Gasteiger charge is 2.17. The van der Waals surface area contributed by atoms with Crippen LogP contribution in [0, 0.1) is 5.92 Å². The zero-order valence-electron chi connectivity index (χ0n) is 13.6. The quantitative estimate of drug-likeness (QED) is 0.837. The predicted octanol–water partition coefficient (Wildman–Crippen LogP) is 3.55. The molecular formula is C18H27NO3. The molecule has 0 spiro atoms. The molecular weight excluding hydrogens is 278 g/mol. The fraction of sp³-hybridized carbons (Fsp3) is 0.611. The van der Waals surface area contributed by atoms with Crippen molar-refractivity contribution in [1.29, 1.82) is 0 Å². The Morgan fingerprint density at radius 2 is 2.09 bits per heavy atom. The Labute approximate surface area is 133 Å². The highest BCUT2D eigenvalue weighted by Crippen LogP contribution is 2.25. The number of benzene rings is 1. The van der Waals surface area contributed by atoms with Crippen LogP contribution < -0.4 is 4.74 Å². The van der Waals surface area contributed by atoms with Gasteiger partial charge >= 0.3 is 5.97 Å². The molecule has 22 heavy (non-hydrogen) atoms. The summed E-state index contributed by atoms with van der Waals surface area (Å²) in [7, 11) is 1.83. The minimum absolute atomic E-state index is 0.494. The van der Waals surface area contributed by atoms with Crippen molar-refractivity contribution in [2.75, 3.05) is 13.7 Å². The molecule has 0 radical (unpaired) electrons. The number of nitrogens with zero attached hydrogens (tertiary/aromatic N) is 1. The lowest BCUT2D eigenvalue weighted by Crippen LogP contribution is -2.35. The summed E-state index contributed by atoms with van der Waals surface area (Å²) < 4.78 is 5.94. The Morgan fingerprint density at radius 3 is 2.77 bits per heavy atom. The number of carboxylic acids is 1. The van der Waals surface area contributed by atoms with E-state index in [2.05, 4.69) is 0 Å². The molecule has 1 N–H and O–H groups in total. The number of carboxylic acid groups (broad SMARTS) is 1. The van der Waals surface area contributed by atoms with Crippen molar-refractivity contribution in [3.05, 3.63) is 29.8 Å². The van der Waals surface area contributed by atoms with E-state index in [0.29, 0.717) is 12.5 Å². The SMILES string of the molecule is CC(C(=O)O)N(C)Cc1cccc(OCC2CCCCC2)c1. The fourth-order valence-electron chi connectivity index (χ4n) is 2.91. The largest absolute Gasteiger partial charge is 0.493 e. The standard InChI is InChI=1S/C18H27NO3/c1-14(18(20)21)19(2)12-16-9-6-10-17(11-16)22-13-15-7-4-3-5-8-15/h6,9-11,14-15H,3-5,7-8,12-13H2,1-2H3,(H,20,21). The van der Waals surface area contributed by atoms with E-state index in [1.807, 2.05) is 36.2 Å². The van der Waals surface area contributed by atoms with E-state index in [1.165, 1.54) is 32.1 Å². The normalized spacial score (nSPS) is 17.4. The van der Waals surface area contributed by atoms with E-state index >= 15 is 0 Å². The summed E-state index contributed by atoms with van der Waals surface area (Å²) in [5.41, 5.74) is 1.08. The van der Waals surface area contributed by atoms with Crippen LogP contribution in [0.2, 0.25) is 0 Å². The maximum Gasteiger partial charge on any atom is 0.320 e. The van der Waals surface area contributed by atoms with Gasteiger partial charge in [-0.05, 0) is 50.4 Å². The number of rotatable bonds is 7. The summed E-state index contributed by atoms with van der Waals surface area (Å²) in [6.07, 6.45) is 6.56. The Balaban J connectivity index is 1.87. The first-order chi connectivity index (χ1) is 10.6. The van der Waals surface area contributed by atoms with E-state index in [1.54, 1.807) is 6.92 Å². The van der Waals surface area contributed by atoms with Gasteiger partial charge in [0.15, 0.2) is 0 Å². The number of hydrogen-bond acceptors (Lipinski definition) is 3. The first-order valence-corrected chi connectivity index (χ1v) is 8.21. The highest BCUT2D eigenvalue weighted by atomic mass is 16.5. The van der Waals surface area contributed by atoms with Crippen LogP contribution >= 0.6 is 0 Å². The zero-order chi connectivity index (χ0) is 15.9.